The van der Waals surface area contributed by atoms with Crippen LogP contribution in [0.2, 0.25) is 5.02 Å². The summed E-state index contributed by atoms with van der Waals surface area (Å²) >= 11 is 6.18. The molecule has 0 spiro atoms. The molecule has 4 N–H and O–H groups in total. The van der Waals surface area contributed by atoms with Crippen molar-refractivity contribution in [2.45, 2.75) is 20.8 Å². The summed E-state index contributed by atoms with van der Waals surface area (Å²) in [6, 6.07) is 22.4. The number of aryl methyl sites for hydroxylation is 3. The molecule has 0 bridgehead atoms. The zero-order chi connectivity index (χ0) is 24.1. The molecule has 2 amide bonds. The van der Waals surface area contributed by atoms with Crippen LogP contribution < -0.4 is 21.3 Å². The Morgan fingerprint density at radius 3 is 1.79 bits per heavy atom. The Bertz CT molecular complexity index is 1310. The lowest BCUT2D eigenvalue weighted by Crippen LogP contribution is -2.19. The fraction of sp³-hybridized carbons (Fsp3) is 0.115. The first-order valence-electron chi connectivity index (χ1n) is 10.7. The number of carbonyl (C=O) groups is 1. The van der Waals surface area contributed by atoms with E-state index >= 15 is 0 Å². The molecule has 0 unspecified atom stereocenters. The van der Waals surface area contributed by atoms with Gasteiger partial charge in [0.05, 0.1) is 10.7 Å². The molecule has 4 aromatic rings. The Morgan fingerprint density at radius 1 is 0.676 bits per heavy atom. The monoisotopic (exact) mass is 472 g/mol. The van der Waals surface area contributed by atoms with Crippen LogP contribution in [0.3, 0.4) is 0 Å². The molecule has 3 aromatic carbocycles. The number of benzene rings is 3. The van der Waals surface area contributed by atoms with Gasteiger partial charge in [-0.1, -0.05) is 35.4 Å². The van der Waals surface area contributed by atoms with Crippen LogP contribution in [-0.4, -0.2) is 16.0 Å². The molecule has 7 nitrogen and oxygen atoms in total. The number of hydrogen-bond donors (Lipinski definition) is 4. The van der Waals surface area contributed by atoms with Gasteiger partial charge >= 0.3 is 6.03 Å². The van der Waals surface area contributed by atoms with Gasteiger partial charge in [-0.3, -0.25) is 0 Å². The van der Waals surface area contributed by atoms with E-state index in [0.717, 1.165) is 16.9 Å². The third-order valence-electron chi connectivity index (χ3n) is 4.95. The number of rotatable bonds is 6. The van der Waals surface area contributed by atoms with Crippen molar-refractivity contribution in [1.29, 1.82) is 0 Å². The van der Waals surface area contributed by atoms with Crippen LogP contribution in [0.4, 0.5) is 39.2 Å². The van der Waals surface area contributed by atoms with Gasteiger partial charge in [0, 0.05) is 23.1 Å². The number of amides is 2. The highest BCUT2D eigenvalue weighted by molar-refractivity contribution is 6.33. The highest BCUT2D eigenvalue weighted by Crippen LogP contribution is 2.24. The maximum Gasteiger partial charge on any atom is 0.323 e. The molecule has 4 rings (SSSR count). The fourth-order valence-electron chi connectivity index (χ4n) is 3.27. The number of anilines is 6. The number of aromatic nitrogens is 2. The molecular formula is C26H25ClN6O. The van der Waals surface area contributed by atoms with Crippen LogP contribution >= 0.6 is 11.6 Å². The highest BCUT2D eigenvalue weighted by atomic mass is 35.5. The molecule has 0 aliphatic heterocycles. The topological polar surface area (TPSA) is 91.0 Å². The van der Waals surface area contributed by atoms with Crippen LogP contribution in [0.5, 0.6) is 0 Å². The minimum atomic E-state index is -0.371. The Labute approximate surface area is 203 Å². The third-order valence-corrected chi connectivity index (χ3v) is 5.26. The second kappa shape index (κ2) is 10.2. The van der Waals surface area contributed by atoms with E-state index in [1.165, 1.54) is 5.56 Å². The van der Waals surface area contributed by atoms with Gasteiger partial charge in [-0.25, -0.2) is 14.8 Å². The Morgan fingerprint density at radius 2 is 1.21 bits per heavy atom. The van der Waals surface area contributed by atoms with E-state index in [1.54, 1.807) is 24.3 Å². The molecule has 1 heterocycles. The maximum atomic E-state index is 12.3. The lowest BCUT2D eigenvalue weighted by molar-refractivity contribution is 0.262. The van der Waals surface area contributed by atoms with Gasteiger partial charge in [0.15, 0.2) is 0 Å². The van der Waals surface area contributed by atoms with E-state index in [4.69, 9.17) is 11.6 Å². The average Bonchev–Trinajstić information content (AvgIpc) is 2.78. The van der Waals surface area contributed by atoms with Crippen molar-refractivity contribution < 1.29 is 4.79 Å². The van der Waals surface area contributed by atoms with E-state index in [1.807, 2.05) is 69.3 Å². The molecule has 0 saturated heterocycles. The molecule has 0 saturated carbocycles. The summed E-state index contributed by atoms with van der Waals surface area (Å²) in [5.74, 6) is 2.00. The SMILES string of the molecule is Cc1ccc(Nc2cc(Nc3ccc(NC(=O)Nc4ccc(C)cc4Cl)cc3)nc(C)n2)cc1. The normalized spacial score (nSPS) is 10.5. The van der Waals surface area contributed by atoms with Crippen LogP contribution in [0.1, 0.15) is 17.0 Å². The van der Waals surface area contributed by atoms with Gasteiger partial charge in [-0.05, 0) is 74.9 Å². The minimum absolute atomic E-state index is 0.371. The number of carbonyl (C=O) groups excluding carboxylic acids is 1. The molecular weight excluding hydrogens is 448 g/mol. The summed E-state index contributed by atoms with van der Waals surface area (Å²) in [4.78, 5) is 21.2. The lowest BCUT2D eigenvalue weighted by atomic mass is 10.2. The van der Waals surface area contributed by atoms with E-state index in [0.29, 0.717) is 33.9 Å². The smallest absolute Gasteiger partial charge is 0.323 e. The van der Waals surface area contributed by atoms with E-state index in [-0.39, 0.29) is 6.03 Å². The summed E-state index contributed by atoms with van der Waals surface area (Å²) in [5, 5.41) is 12.6. The van der Waals surface area contributed by atoms with Gasteiger partial charge < -0.3 is 21.3 Å². The van der Waals surface area contributed by atoms with Gasteiger partial charge in [-0.2, -0.15) is 0 Å². The van der Waals surface area contributed by atoms with Crippen molar-refractivity contribution in [2.75, 3.05) is 21.3 Å². The van der Waals surface area contributed by atoms with Crippen molar-refractivity contribution in [2.24, 2.45) is 0 Å². The largest absolute Gasteiger partial charge is 0.340 e. The molecule has 172 valence electrons. The first kappa shape index (κ1) is 23.1. The predicted octanol–water partition coefficient (Wildman–Crippen LogP) is 7.19. The van der Waals surface area contributed by atoms with E-state index in [2.05, 4.69) is 31.2 Å². The predicted molar refractivity (Wildman–Crippen MR) is 140 cm³/mol. The summed E-state index contributed by atoms with van der Waals surface area (Å²) in [7, 11) is 0. The average molecular weight is 473 g/mol. The second-order valence-electron chi connectivity index (χ2n) is 7.94. The second-order valence-corrected chi connectivity index (χ2v) is 8.35. The summed E-state index contributed by atoms with van der Waals surface area (Å²) in [6.45, 7) is 5.83. The Kier molecular flexibility index (Phi) is 6.94. The van der Waals surface area contributed by atoms with Gasteiger partial charge in [-0.15, -0.1) is 0 Å². The molecule has 34 heavy (non-hydrogen) atoms. The van der Waals surface area contributed by atoms with Crippen LogP contribution in [0.15, 0.2) is 72.8 Å². The van der Waals surface area contributed by atoms with E-state index < -0.39 is 0 Å². The van der Waals surface area contributed by atoms with E-state index in [9.17, 15) is 4.79 Å². The first-order valence-corrected chi connectivity index (χ1v) is 11.1. The summed E-state index contributed by atoms with van der Waals surface area (Å²) < 4.78 is 0. The van der Waals surface area contributed by atoms with Crippen molar-refractivity contribution in [3.8, 4) is 0 Å². The molecule has 0 aliphatic rings. The third kappa shape index (κ3) is 6.24. The standard InChI is InChI=1S/C26H25ClN6O/c1-16-4-7-19(8-5-16)30-24-15-25(29-18(3)28-24)31-20-9-11-21(12-10-20)32-26(34)33-23-13-6-17(2)14-22(23)27/h4-15H,1-3H3,(H2,32,33,34)(H2,28,29,30,31). The molecule has 0 fully saturated rings. The van der Waals surface area contributed by atoms with Crippen molar-refractivity contribution >= 4 is 52.0 Å². The number of halogens is 1. The maximum absolute atomic E-state index is 12.3. The Hall–Kier alpha value is -4.10. The first-order chi connectivity index (χ1) is 16.3. The fourth-order valence-corrected chi connectivity index (χ4v) is 3.55. The van der Waals surface area contributed by atoms with Gasteiger partial charge in [0.25, 0.3) is 0 Å². The zero-order valence-corrected chi connectivity index (χ0v) is 19.9. The van der Waals surface area contributed by atoms with Crippen molar-refractivity contribution in [3.63, 3.8) is 0 Å². The zero-order valence-electron chi connectivity index (χ0n) is 19.1. The Balaban J connectivity index is 1.38. The van der Waals surface area contributed by atoms with Gasteiger partial charge in [0.2, 0.25) is 0 Å². The lowest BCUT2D eigenvalue weighted by Gasteiger charge is -2.12. The van der Waals surface area contributed by atoms with Crippen molar-refractivity contribution in [3.05, 3.63) is 94.8 Å². The van der Waals surface area contributed by atoms with Crippen LogP contribution in [0, 0.1) is 20.8 Å². The highest BCUT2D eigenvalue weighted by Gasteiger charge is 2.07. The summed E-state index contributed by atoms with van der Waals surface area (Å²) in [5.41, 5.74) is 5.20. The molecule has 0 atom stereocenters. The number of nitrogens with one attached hydrogen (secondary N) is 4. The molecule has 1 aromatic heterocycles. The number of urea groups is 1. The van der Waals surface area contributed by atoms with Gasteiger partial charge in [0.1, 0.15) is 17.5 Å². The quantitative estimate of drug-likeness (QED) is 0.238. The number of nitrogens with zero attached hydrogens (tertiary/aromatic N) is 2. The van der Waals surface area contributed by atoms with Crippen LogP contribution in [0.25, 0.3) is 0 Å². The summed E-state index contributed by atoms with van der Waals surface area (Å²) in [6.07, 6.45) is 0. The molecule has 0 aliphatic carbocycles. The minimum Gasteiger partial charge on any atom is -0.340 e. The molecule has 0 radical (unpaired) electrons. The number of hydrogen-bond acceptors (Lipinski definition) is 5. The van der Waals surface area contributed by atoms with Crippen LogP contribution in [-0.2, 0) is 0 Å². The molecule has 8 heteroatoms. The van der Waals surface area contributed by atoms with Crippen molar-refractivity contribution in [1.82, 2.24) is 9.97 Å².